The van der Waals surface area contributed by atoms with Crippen molar-refractivity contribution in [3.8, 4) is 5.69 Å². The molecule has 0 spiro atoms. The van der Waals surface area contributed by atoms with Crippen molar-refractivity contribution in [2.75, 3.05) is 12.3 Å². The molecule has 2 rings (SSSR count). The fourth-order valence-electron chi connectivity index (χ4n) is 2.23. The molecule has 124 valence electrons. The Hall–Kier alpha value is -1.89. The fraction of sp³-hybridized carbons (Fsp3) is 0.500. The molecule has 0 aliphatic heterocycles. The number of aromatic nitrogens is 4. The quantitative estimate of drug-likeness (QED) is 0.788. The Morgan fingerprint density at radius 2 is 2.00 bits per heavy atom. The molecule has 0 unspecified atom stereocenters. The summed E-state index contributed by atoms with van der Waals surface area (Å²) in [4.78, 5) is 11.9. The van der Waals surface area contributed by atoms with Crippen molar-refractivity contribution in [3.63, 3.8) is 0 Å². The molecule has 0 saturated carbocycles. The smallest absolute Gasteiger partial charge is 0.230 e. The lowest BCUT2D eigenvalue weighted by molar-refractivity contribution is -0.118. The Morgan fingerprint density at radius 3 is 2.65 bits per heavy atom. The van der Waals surface area contributed by atoms with E-state index in [1.54, 1.807) is 4.68 Å². The highest BCUT2D eigenvalue weighted by atomic mass is 32.2. The van der Waals surface area contributed by atoms with Gasteiger partial charge < -0.3 is 5.32 Å². The minimum absolute atomic E-state index is 0.00621. The molecule has 0 saturated heterocycles. The van der Waals surface area contributed by atoms with Gasteiger partial charge in [0.1, 0.15) is 0 Å². The van der Waals surface area contributed by atoms with Crippen LogP contribution in [0.25, 0.3) is 5.69 Å². The Balaban J connectivity index is 2.01. The van der Waals surface area contributed by atoms with Gasteiger partial charge in [0.05, 0.1) is 11.4 Å². The third-order valence-corrected chi connectivity index (χ3v) is 4.39. The average molecular weight is 333 g/mol. The largest absolute Gasteiger partial charge is 0.355 e. The van der Waals surface area contributed by atoms with E-state index in [4.69, 9.17) is 0 Å². The Bertz CT molecular complexity index is 648. The number of carbonyl (C=O) groups is 1. The molecule has 0 aliphatic rings. The third-order valence-electron chi connectivity index (χ3n) is 3.47. The molecule has 0 bridgehead atoms. The highest BCUT2D eigenvalue weighted by Gasteiger charge is 2.14. The summed E-state index contributed by atoms with van der Waals surface area (Å²) in [6.07, 6.45) is 0.983. The lowest BCUT2D eigenvalue weighted by Crippen LogP contribution is -2.27. The van der Waals surface area contributed by atoms with E-state index in [1.165, 1.54) is 11.8 Å². The molecule has 1 aromatic heterocycles. The second kappa shape index (κ2) is 8.10. The van der Waals surface area contributed by atoms with E-state index >= 15 is 0 Å². The van der Waals surface area contributed by atoms with E-state index in [-0.39, 0.29) is 5.91 Å². The second-order valence-electron chi connectivity index (χ2n) is 5.93. The molecule has 1 aromatic carbocycles. The summed E-state index contributed by atoms with van der Waals surface area (Å²) < 4.78 is 1.71. The summed E-state index contributed by atoms with van der Waals surface area (Å²) in [5, 5.41) is 15.4. The van der Waals surface area contributed by atoms with E-state index in [2.05, 4.69) is 34.7 Å². The summed E-state index contributed by atoms with van der Waals surface area (Å²) in [5.41, 5.74) is 3.17. The van der Waals surface area contributed by atoms with E-state index in [1.807, 2.05) is 32.0 Å². The van der Waals surface area contributed by atoms with Crippen LogP contribution in [-0.2, 0) is 4.79 Å². The highest BCUT2D eigenvalue weighted by Crippen LogP contribution is 2.23. The molecule has 0 radical (unpaired) electrons. The van der Waals surface area contributed by atoms with E-state index < -0.39 is 0 Å². The van der Waals surface area contributed by atoms with Gasteiger partial charge in [-0.05, 0) is 47.7 Å². The number of aryl methyl sites for hydroxylation is 2. The summed E-state index contributed by atoms with van der Waals surface area (Å²) in [5.74, 6) is 0.898. The van der Waals surface area contributed by atoms with Crippen LogP contribution >= 0.6 is 11.8 Å². The molecular weight excluding hydrogens is 310 g/mol. The average Bonchev–Trinajstić information content (AvgIpc) is 2.93. The summed E-state index contributed by atoms with van der Waals surface area (Å²) in [6.45, 7) is 9.03. The molecule has 1 amide bonds. The zero-order valence-corrected chi connectivity index (χ0v) is 14.9. The molecular formula is C16H23N5OS. The van der Waals surface area contributed by atoms with Gasteiger partial charge in [-0.2, -0.15) is 4.68 Å². The van der Waals surface area contributed by atoms with Crippen molar-refractivity contribution >= 4 is 17.7 Å². The minimum Gasteiger partial charge on any atom is -0.355 e. The predicted molar refractivity (Wildman–Crippen MR) is 91.8 cm³/mol. The standard InChI is InChI=1S/C16H23N5OS/c1-11(2)8-9-17-14(22)10-23-16-18-19-20-21(16)15-12(3)6-5-7-13(15)4/h5-7,11H,8-10H2,1-4H3,(H,17,22). The predicted octanol–water partition coefficient (Wildman–Crippen LogP) is 2.53. The number of thioether (sulfide) groups is 1. The van der Waals surface area contributed by atoms with Gasteiger partial charge in [0.25, 0.3) is 0 Å². The van der Waals surface area contributed by atoms with Crippen LogP contribution in [0.1, 0.15) is 31.4 Å². The maximum Gasteiger partial charge on any atom is 0.230 e. The monoisotopic (exact) mass is 333 g/mol. The SMILES string of the molecule is Cc1cccc(C)c1-n1nnnc1SCC(=O)NCCC(C)C. The van der Waals surface area contributed by atoms with Crippen LogP contribution in [0.5, 0.6) is 0 Å². The summed E-state index contributed by atoms with van der Waals surface area (Å²) >= 11 is 1.35. The van der Waals surface area contributed by atoms with Crippen molar-refractivity contribution in [2.24, 2.45) is 5.92 Å². The number of hydrogen-bond donors (Lipinski definition) is 1. The van der Waals surface area contributed by atoms with Gasteiger partial charge in [-0.15, -0.1) is 5.10 Å². The molecule has 0 aliphatic carbocycles. The first-order valence-electron chi connectivity index (χ1n) is 7.73. The van der Waals surface area contributed by atoms with Gasteiger partial charge in [-0.1, -0.05) is 43.8 Å². The molecule has 0 fully saturated rings. The van der Waals surface area contributed by atoms with Crippen LogP contribution in [0.3, 0.4) is 0 Å². The molecule has 1 heterocycles. The highest BCUT2D eigenvalue weighted by molar-refractivity contribution is 7.99. The zero-order valence-electron chi connectivity index (χ0n) is 14.0. The molecule has 2 aromatic rings. The van der Waals surface area contributed by atoms with Crippen LogP contribution in [0, 0.1) is 19.8 Å². The van der Waals surface area contributed by atoms with E-state index in [9.17, 15) is 4.79 Å². The molecule has 6 nitrogen and oxygen atoms in total. The van der Waals surface area contributed by atoms with E-state index in [0.29, 0.717) is 23.4 Å². The molecule has 1 N–H and O–H groups in total. The number of nitrogens with one attached hydrogen (secondary N) is 1. The maximum atomic E-state index is 11.9. The van der Waals surface area contributed by atoms with Crippen molar-refractivity contribution in [2.45, 2.75) is 39.3 Å². The van der Waals surface area contributed by atoms with Gasteiger partial charge >= 0.3 is 0 Å². The number of para-hydroxylation sites is 1. The van der Waals surface area contributed by atoms with Gasteiger partial charge in [-0.3, -0.25) is 4.79 Å². The maximum absolute atomic E-state index is 11.9. The van der Waals surface area contributed by atoms with Crippen molar-refractivity contribution in [1.82, 2.24) is 25.5 Å². The molecule has 0 atom stereocenters. The van der Waals surface area contributed by atoms with E-state index in [0.717, 1.165) is 23.2 Å². The number of benzene rings is 1. The first-order chi connectivity index (χ1) is 11.0. The Morgan fingerprint density at radius 1 is 1.30 bits per heavy atom. The van der Waals surface area contributed by atoms with Gasteiger partial charge in [0.2, 0.25) is 11.1 Å². The van der Waals surface area contributed by atoms with Crippen LogP contribution in [0.15, 0.2) is 23.4 Å². The fourth-order valence-corrected chi connectivity index (χ4v) is 2.94. The van der Waals surface area contributed by atoms with Gasteiger partial charge in [0.15, 0.2) is 0 Å². The van der Waals surface area contributed by atoms with Crippen molar-refractivity contribution in [3.05, 3.63) is 29.3 Å². The molecule has 7 heteroatoms. The van der Waals surface area contributed by atoms with Gasteiger partial charge in [0, 0.05) is 6.54 Å². The number of tetrazole rings is 1. The number of hydrogen-bond acceptors (Lipinski definition) is 5. The minimum atomic E-state index is 0.00621. The van der Waals surface area contributed by atoms with Crippen LogP contribution in [0.2, 0.25) is 0 Å². The summed E-state index contributed by atoms with van der Waals surface area (Å²) in [7, 11) is 0. The van der Waals surface area contributed by atoms with Gasteiger partial charge in [-0.25, -0.2) is 0 Å². The Labute approximate surface area is 141 Å². The number of rotatable bonds is 7. The van der Waals surface area contributed by atoms with Crippen molar-refractivity contribution < 1.29 is 4.79 Å². The summed E-state index contributed by atoms with van der Waals surface area (Å²) in [6, 6.07) is 6.06. The van der Waals surface area contributed by atoms with Crippen LogP contribution in [0.4, 0.5) is 0 Å². The first-order valence-corrected chi connectivity index (χ1v) is 8.72. The third kappa shape index (κ3) is 4.79. The number of nitrogens with zero attached hydrogens (tertiary/aromatic N) is 4. The van der Waals surface area contributed by atoms with Crippen LogP contribution in [-0.4, -0.2) is 38.4 Å². The second-order valence-corrected chi connectivity index (χ2v) is 6.88. The topological polar surface area (TPSA) is 72.7 Å². The lowest BCUT2D eigenvalue weighted by atomic mass is 10.1. The number of amides is 1. The molecule has 23 heavy (non-hydrogen) atoms. The zero-order chi connectivity index (χ0) is 16.8. The normalized spacial score (nSPS) is 11.0. The first kappa shape index (κ1) is 17.5. The number of carbonyl (C=O) groups excluding carboxylic acids is 1. The Kier molecular flexibility index (Phi) is 6.15. The lowest BCUT2D eigenvalue weighted by Gasteiger charge is -2.10. The van der Waals surface area contributed by atoms with Crippen LogP contribution < -0.4 is 5.32 Å². The van der Waals surface area contributed by atoms with Crippen molar-refractivity contribution in [1.29, 1.82) is 0 Å².